The lowest BCUT2D eigenvalue weighted by Gasteiger charge is -2.36. The van der Waals surface area contributed by atoms with Crippen molar-refractivity contribution in [2.75, 3.05) is 31.1 Å². The zero-order valence-electron chi connectivity index (χ0n) is 18.1. The van der Waals surface area contributed by atoms with Gasteiger partial charge in [0.25, 0.3) is 5.91 Å². The van der Waals surface area contributed by atoms with Crippen molar-refractivity contribution >= 4 is 49.7 Å². The van der Waals surface area contributed by atoms with E-state index in [1.165, 1.54) is 12.1 Å². The number of anilines is 1. The predicted molar refractivity (Wildman–Crippen MR) is 136 cm³/mol. The van der Waals surface area contributed by atoms with Crippen LogP contribution < -0.4 is 4.90 Å². The topological polar surface area (TPSA) is 40.9 Å². The summed E-state index contributed by atoms with van der Waals surface area (Å²) < 4.78 is 16.3. The molecule has 1 fully saturated rings. The van der Waals surface area contributed by atoms with Gasteiger partial charge in [0.15, 0.2) is 4.96 Å². The maximum Gasteiger partial charge on any atom is 0.254 e. The Morgan fingerprint density at radius 1 is 0.941 bits per heavy atom. The van der Waals surface area contributed by atoms with E-state index >= 15 is 0 Å². The fraction of sp³-hybridized carbons (Fsp3) is 0.154. The Morgan fingerprint density at radius 3 is 2.41 bits per heavy atom. The number of nitrogens with zero attached hydrogens (tertiary/aromatic N) is 4. The summed E-state index contributed by atoms with van der Waals surface area (Å²) in [6.07, 6.45) is 1.96. The van der Waals surface area contributed by atoms with Crippen molar-refractivity contribution < 1.29 is 9.18 Å². The van der Waals surface area contributed by atoms with Crippen LogP contribution in [0.3, 0.4) is 0 Å². The molecule has 3 aromatic carbocycles. The number of hydrogen-bond donors (Lipinski definition) is 0. The molecule has 1 saturated heterocycles. The molecule has 6 rings (SSSR count). The number of carbonyl (C=O) groups is 1. The average Bonchev–Trinajstić information content (AvgIpc) is 3.42. The normalized spacial score (nSPS) is 14.3. The molecule has 1 aliphatic rings. The third-order valence-corrected chi connectivity index (χ3v) is 7.51. The number of carbonyl (C=O) groups excluding carboxylic acids is 1. The first-order chi connectivity index (χ1) is 16.5. The molecule has 34 heavy (non-hydrogen) atoms. The van der Waals surface area contributed by atoms with Crippen molar-refractivity contribution in [2.24, 2.45) is 0 Å². The van der Waals surface area contributed by atoms with E-state index in [2.05, 4.69) is 4.90 Å². The Morgan fingerprint density at radius 2 is 1.68 bits per heavy atom. The van der Waals surface area contributed by atoms with Gasteiger partial charge in [-0.25, -0.2) is 9.37 Å². The number of hydrogen-bond acceptors (Lipinski definition) is 4. The second-order valence-electron chi connectivity index (χ2n) is 8.33. The first-order valence-corrected chi connectivity index (χ1v) is 12.2. The highest BCUT2D eigenvalue weighted by atomic mass is 35.5. The van der Waals surface area contributed by atoms with E-state index in [1.54, 1.807) is 23.5 Å². The van der Waals surface area contributed by atoms with Gasteiger partial charge in [0.2, 0.25) is 0 Å². The molecule has 2 aromatic heterocycles. The minimum Gasteiger partial charge on any atom is -0.368 e. The Balaban J connectivity index is 1.20. The molecule has 3 heterocycles. The number of piperazine rings is 1. The summed E-state index contributed by atoms with van der Waals surface area (Å²) in [5.74, 6) is -0.213. The van der Waals surface area contributed by atoms with Crippen LogP contribution in [0.25, 0.3) is 26.4 Å². The van der Waals surface area contributed by atoms with Crippen LogP contribution in [0.1, 0.15) is 10.4 Å². The molecule has 1 aliphatic heterocycles. The van der Waals surface area contributed by atoms with Gasteiger partial charge in [-0.15, -0.1) is 0 Å². The van der Waals surface area contributed by atoms with Crippen LogP contribution in [0.5, 0.6) is 0 Å². The highest BCUT2D eigenvalue weighted by Crippen LogP contribution is 2.31. The number of benzene rings is 3. The Labute approximate surface area is 204 Å². The fourth-order valence-electron chi connectivity index (χ4n) is 4.40. The summed E-state index contributed by atoms with van der Waals surface area (Å²) in [7, 11) is 0. The molecule has 1 amide bonds. The molecule has 170 valence electrons. The van der Waals surface area contributed by atoms with Gasteiger partial charge < -0.3 is 9.80 Å². The number of amides is 1. The van der Waals surface area contributed by atoms with Crippen LogP contribution in [0.2, 0.25) is 5.02 Å². The van der Waals surface area contributed by atoms with E-state index in [-0.39, 0.29) is 11.7 Å². The molecule has 0 bridgehead atoms. The van der Waals surface area contributed by atoms with Gasteiger partial charge >= 0.3 is 0 Å². The first kappa shape index (κ1) is 21.1. The number of rotatable bonds is 3. The molecule has 0 atom stereocenters. The van der Waals surface area contributed by atoms with E-state index in [4.69, 9.17) is 16.6 Å². The zero-order chi connectivity index (χ0) is 23.2. The molecule has 8 heteroatoms. The van der Waals surface area contributed by atoms with Crippen molar-refractivity contribution in [3.8, 4) is 11.3 Å². The highest BCUT2D eigenvalue weighted by molar-refractivity contribution is 7.23. The summed E-state index contributed by atoms with van der Waals surface area (Å²) >= 11 is 7.54. The van der Waals surface area contributed by atoms with Crippen molar-refractivity contribution in [3.63, 3.8) is 0 Å². The molecule has 0 N–H and O–H groups in total. The molecule has 0 saturated carbocycles. The highest BCUT2D eigenvalue weighted by Gasteiger charge is 2.23. The van der Waals surface area contributed by atoms with E-state index in [0.29, 0.717) is 18.7 Å². The third-order valence-electron chi connectivity index (χ3n) is 6.24. The van der Waals surface area contributed by atoms with Gasteiger partial charge in [0.05, 0.1) is 15.9 Å². The van der Waals surface area contributed by atoms with Gasteiger partial charge in [0.1, 0.15) is 5.82 Å². The molecule has 0 unspecified atom stereocenters. The standard InChI is InChI=1S/C26H20ClFN4OS/c27-19-4-8-21(9-5-19)30-11-13-31(14-12-30)25(33)18-3-10-23-24(15-18)34-26-29-22(16-32(23)26)17-1-6-20(28)7-2-17/h1-10,15-16H,11-14H2. The monoisotopic (exact) mass is 490 g/mol. The van der Waals surface area contributed by atoms with Crippen LogP contribution >= 0.6 is 22.9 Å². The zero-order valence-corrected chi connectivity index (χ0v) is 19.7. The summed E-state index contributed by atoms with van der Waals surface area (Å²) in [5, 5.41) is 0.723. The van der Waals surface area contributed by atoms with Crippen LogP contribution in [-0.2, 0) is 0 Å². The van der Waals surface area contributed by atoms with Crippen molar-refractivity contribution in [2.45, 2.75) is 0 Å². The van der Waals surface area contributed by atoms with Gasteiger partial charge in [-0.05, 0) is 66.7 Å². The molecule has 0 aliphatic carbocycles. The van der Waals surface area contributed by atoms with E-state index in [1.807, 2.05) is 58.0 Å². The van der Waals surface area contributed by atoms with Crippen LogP contribution in [-0.4, -0.2) is 46.4 Å². The third kappa shape index (κ3) is 3.81. The summed E-state index contributed by atoms with van der Waals surface area (Å²) in [6.45, 7) is 2.92. The first-order valence-electron chi connectivity index (χ1n) is 11.0. The minimum atomic E-state index is -0.265. The number of thiazole rings is 1. The van der Waals surface area contributed by atoms with Crippen molar-refractivity contribution in [3.05, 3.63) is 89.3 Å². The van der Waals surface area contributed by atoms with Crippen molar-refractivity contribution in [1.82, 2.24) is 14.3 Å². The largest absolute Gasteiger partial charge is 0.368 e. The van der Waals surface area contributed by atoms with E-state index < -0.39 is 0 Å². The molecule has 5 aromatic rings. The lowest BCUT2D eigenvalue weighted by atomic mass is 10.1. The number of imidazole rings is 1. The fourth-order valence-corrected chi connectivity index (χ4v) is 5.57. The van der Waals surface area contributed by atoms with Crippen LogP contribution in [0.4, 0.5) is 10.1 Å². The maximum atomic E-state index is 13.2. The van der Waals surface area contributed by atoms with Gasteiger partial charge in [-0.3, -0.25) is 9.20 Å². The smallest absolute Gasteiger partial charge is 0.254 e. The van der Waals surface area contributed by atoms with E-state index in [9.17, 15) is 9.18 Å². The number of fused-ring (bicyclic) bond motifs is 3. The summed E-state index contributed by atoms with van der Waals surface area (Å²) in [4.78, 5) is 22.9. The molecule has 0 radical (unpaired) electrons. The second-order valence-corrected chi connectivity index (χ2v) is 9.77. The van der Waals surface area contributed by atoms with E-state index in [0.717, 1.165) is 50.2 Å². The quantitative estimate of drug-likeness (QED) is 0.313. The Kier molecular flexibility index (Phi) is 5.23. The van der Waals surface area contributed by atoms with Crippen LogP contribution in [0.15, 0.2) is 72.9 Å². The summed E-state index contributed by atoms with van der Waals surface area (Å²) in [6, 6.07) is 20.0. The average molecular weight is 491 g/mol. The lowest BCUT2D eigenvalue weighted by Crippen LogP contribution is -2.48. The Hall–Kier alpha value is -3.42. The number of halogens is 2. The Bertz CT molecular complexity index is 1500. The number of aromatic nitrogens is 2. The second kappa shape index (κ2) is 8.42. The van der Waals surface area contributed by atoms with Crippen LogP contribution in [0, 0.1) is 5.82 Å². The van der Waals surface area contributed by atoms with Gasteiger partial charge in [0, 0.05) is 54.2 Å². The van der Waals surface area contributed by atoms with Gasteiger partial charge in [-0.1, -0.05) is 22.9 Å². The predicted octanol–water partition coefficient (Wildman–Crippen LogP) is 5.97. The molecular weight excluding hydrogens is 471 g/mol. The minimum absolute atomic E-state index is 0.0516. The summed E-state index contributed by atoms with van der Waals surface area (Å²) in [5.41, 5.74) is 4.49. The molecule has 0 spiro atoms. The lowest BCUT2D eigenvalue weighted by molar-refractivity contribution is 0.0747. The van der Waals surface area contributed by atoms with Gasteiger partial charge in [-0.2, -0.15) is 0 Å². The molecule has 5 nitrogen and oxygen atoms in total. The maximum absolute atomic E-state index is 13.2. The van der Waals surface area contributed by atoms with Crippen molar-refractivity contribution in [1.29, 1.82) is 0 Å². The SMILES string of the molecule is O=C(c1ccc2c(c1)sc1nc(-c3ccc(F)cc3)cn12)N1CCN(c2ccc(Cl)cc2)CC1. The molecular formula is C26H20ClFN4OS.